The third kappa shape index (κ3) is 4.96. The van der Waals surface area contributed by atoms with Crippen LogP contribution in [0, 0.1) is 5.41 Å². The van der Waals surface area contributed by atoms with Crippen LogP contribution in [-0.2, 0) is 14.3 Å². The molecule has 0 unspecified atom stereocenters. The molecule has 0 heterocycles. The Labute approximate surface area is 97.3 Å². The van der Waals surface area contributed by atoms with Crippen LogP contribution in [0.25, 0.3) is 0 Å². The molecule has 4 nitrogen and oxygen atoms in total. The molecule has 0 saturated heterocycles. The van der Waals surface area contributed by atoms with Crippen molar-refractivity contribution in [3.8, 4) is 0 Å². The lowest BCUT2D eigenvalue weighted by molar-refractivity contribution is -0.151. The van der Waals surface area contributed by atoms with Gasteiger partial charge in [-0.2, -0.15) is 0 Å². The first kappa shape index (κ1) is 14.7. The lowest BCUT2D eigenvalue weighted by Gasteiger charge is -2.27. The van der Waals surface area contributed by atoms with Gasteiger partial charge in [0.2, 0.25) is 5.91 Å². The van der Waals surface area contributed by atoms with E-state index >= 15 is 0 Å². The number of rotatable bonds is 5. The molecule has 0 spiro atoms. The van der Waals surface area contributed by atoms with Crippen LogP contribution in [0.2, 0.25) is 0 Å². The minimum atomic E-state index is -0.504. The summed E-state index contributed by atoms with van der Waals surface area (Å²) < 4.78 is 4.81. The minimum absolute atomic E-state index is 0.0179. The Kier molecular flexibility index (Phi) is 5.78. The van der Waals surface area contributed by atoms with Crippen molar-refractivity contribution in [2.75, 3.05) is 19.7 Å². The van der Waals surface area contributed by atoms with E-state index in [1.54, 1.807) is 13.0 Å². The largest absolute Gasteiger partial charge is 0.465 e. The van der Waals surface area contributed by atoms with Crippen molar-refractivity contribution in [1.29, 1.82) is 0 Å². The maximum absolute atomic E-state index is 12.0. The molecule has 1 amide bonds. The van der Waals surface area contributed by atoms with Crippen LogP contribution in [0.5, 0.6) is 0 Å². The van der Waals surface area contributed by atoms with E-state index in [-0.39, 0.29) is 18.4 Å². The molecule has 16 heavy (non-hydrogen) atoms. The van der Waals surface area contributed by atoms with Crippen molar-refractivity contribution in [2.24, 2.45) is 5.41 Å². The quantitative estimate of drug-likeness (QED) is 0.529. The van der Waals surface area contributed by atoms with Gasteiger partial charge >= 0.3 is 5.97 Å². The average Bonchev–Trinajstić information content (AvgIpc) is 2.15. The van der Waals surface area contributed by atoms with E-state index in [4.69, 9.17) is 4.74 Å². The first-order valence-electron chi connectivity index (χ1n) is 5.38. The number of carbonyl (C=O) groups is 2. The zero-order valence-corrected chi connectivity index (χ0v) is 10.6. The molecule has 0 radical (unpaired) electrons. The summed E-state index contributed by atoms with van der Waals surface area (Å²) in [6.45, 7) is 11.4. The zero-order valence-electron chi connectivity index (χ0n) is 10.6. The number of nitrogens with zero attached hydrogens (tertiary/aromatic N) is 1. The third-order valence-corrected chi connectivity index (χ3v) is 1.90. The van der Waals surface area contributed by atoms with Gasteiger partial charge in [-0.1, -0.05) is 26.8 Å². The summed E-state index contributed by atoms with van der Waals surface area (Å²) in [5.41, 5.74) is -0.504. The molecular weight excluding hydrogens is 206 g/mol. The Bertz CT molecular complexity index is 266. The number of ether oxygens (including phenoxy) is 1. The Morgan fingerprint density at radius 1 is 1.38 bits per heavy atom. The van der Waals surface area contributed by atoms with Crippen molar-refractivity contribution >= 4 is 11.9 Å². The van der Waals surface area contributed by atoms with Gasteiger partial charge in [0.25, 0.3) is 0 Å². The van der Waals surface area contributed by atoms with Gasteiger partial charge in [0.15, 0.2) is 0 Å². The molecule has 0 N–H and O–H groups in total. The predicted molar refractivity (Wildman–Crippen MR) is 62.9 cm³/mol. The second-order valence-corrected chi connectivity index (χ2v) is 4.53. The number of hydrogen-bond acceptors (Lipinski definition) is 3. The summed E-state index contributed by atoms with van der Waals surface area (Å²) in [6, 6.07) is 0. The molecular formula is C12H21NO3. The van der Waals surface area contributed by atoms with Crippen LogP contribution in [0.4, 0.5) is 0 Å². The van der Waals surface area contributed by atoms with Crippen LogP contribution < -0.4 is 0 Å². The first-order valence-corrected chi connectivity index (χ1v) is 5.38. The summed E-state index contributed by atoms with van der Waals surface area (Å²) in [6.07, 6.45) is 1.60. The second kappa shape index (κ2) is 6.30. The maximum atomic E-state index is 12.0. The molecule has 0 saturated carbocycles. The Morgan fingerprint density at radius 3 is 2.31 bits per heavy atom. The monoisotopic (exact) mass is 227 g/mol. The van der Waals surface area contributed by atoms with Gasteiger partial charge in [-0.15, -0.1) is 6.58 Å². The van der Waals surface area contributed by atoms with Gasteiger partial charge in [-0.05, 0) is 6.92 Å². The fourth-order valence-corrected chi connectivity index (χ4v) is 1.21. The Morgan fingerprint density at radius 2 is 1.94 bits per heavy atom. The highest BCUT2D eigenvalue weighted by Gasteiger charge is 2.28. The second-order valence-electron chi connectivity index (χ2n) is 4.53. The summed E-state index contributed by atoms with van der Waals surface area (Å²) in [5.74, 6) is -0.470. The molecule has 0 rings (SSSR count). The van der Waals surface area contributed by atoms with Crippen molar-refractivity contribution in [3.63, 3.8) is 0 Å². The van der Waals surface area contributed by atoms with Crippen LogP contribution in [0.1, 0.15) is 27.7 Å². The van der Waals surface area contributed by atoms with Crippen molar-refractivity contribution in [2.45, 2.75) is 27.7 Å². The van der Waals surface area contributed by atoms with Crippen molar-refractivity contribution in [3.05, 3.63) is 12.7 Å². The Balaban J connectivity index is 4.55. The van der Waals surface area contributed by atoms with Gasteiger partial charge in [-0.3, -0.25) is 9.59 Å². The number of esters is 1. The average molecular weight is 227 g/mol. The summed E-state index contributed by atoms with van der Waals surface area (Å²) >= 11 is 0. The van der Waals surface area contributed by atoms with Gasteiger partial charge in [-0.25, -0.2) is 0 Å². The van der Waals surface area contributed by atoms with E-state index in [2.05, 4.69) is 6.58 Å². The highest BCUT2D eigenvalue weighted by atomic mass is 16.5. The van der Waals surface area contributed by atoms with Crippen LogP contribution >= 0.6 is 0 Å². The topological polar surface area (TPSA) is 46.6 Å². The minimum Gasteiger partial charge on any atom is -0.465 e. The summed E-state index contributed by atoms with van der Waals surface area (Å²) in [7, 11) is 0. The van der Waals surface area contributed by atoms with Crippen molar-refractivity contribution in [1.82, 2.24) is 4.90 Å². The molecule has 92 valence electrons. The van der Waals surface area contributed by atoms with Crippen LogP contribution in [0.3, 0.4) is 0 Å². The van der Waals surface area contributed by atoms with E-state index in [0.29, 0.717) is 13.2 Å². The molecule has 0 aromatic heterocycles. The maximum Gasteiger partial charge on any atom is 0.325 e. The molecule has 0 bridgehead atoms. The van der Waals surface area contributed by atoms with E-state index < -0.39 is 5.41 Å². The van der Waals surface area contributed by atoms with Gasteiger partial charge in [0.1, 0.15) is 6.54 Å². The van der Waals surface area contributed by atoms with Crippen molar-refractivity contribution < 1.29 is 14.3 Å². The normalized spacial score (nSPS) is 10.8. The Hall–Kier alpha value is -1.32. The smallest absolute Gasteiger partial charge is 0.325 e. The third-order valence-electron chi connectivity index (χ3n) is 1.90. The molecule has 0 aromatic carbocycles. The number of amides is 1. The SMILES string of the molecule is C=CCN(CC(=O)OCC)C(=O)C(C)(C)C. The summed E-state index contributed by atoms with van der Waals surface area (Å²) in [4.78, 5) is 24.7. The van der Waals surface area contributed by atoms with Crippen LogP contribution in [-0.4, -0.2) is 36.5 Å². The zero-order chi connectivity index (χ0) is 12.8. The molecule has 4 heteroatoms. The molecule has 0 fully saturated rings. The van der Waals surface area contributed by atoms with E-state index in [0.717, 1.165) is 0 Å². The van der Waals surface area contributed by atoms with E-state index in [9.17, 15) is 9.59 Å². The highest BCUT2D eigenvalue weighted by molar-refractivity contribution is 5.85. The highest BCUT2D eigenvalue weighted by Crippen LogP contribution is 2.17. The standard InChI is InChI=1S/C12H21NO3/c1-6-8-13(9-10(14)16-7-2)11(15)12(3,4)5/h6H,1,7-9H2,2-5H3. The lowest BCUT2D eigenvalue weighted by Crippen LogP contribution is -2.42. The fourth-order valence-electron chi connectivity index (χ4n) is 1.21. The molecule has 0 aromatic rings. The first-order chi connectivity index (χ1) is 7.32. The van der Waals surface area contributed by atoms with Gasteiger partial charge in [0.05, 0.1) is 6.61 Å². The molecule has 0 aliphatic heterocycles. The lowest BCUT2D eigenvalue weighted by atomic mass is 9.94. The van der Waals surface area contributed by atoms with Gasteiger partial charge < -0.3 is 9.64 Å². The predicted octanol–water partition coefficient (Wildman–Crippen LogP) is 1.61. The number of hydrogen-bond donors (Lipinski definition) is 0. The number of carbonyl (C=O) groups excluding carboxylic acids is 2. The van der Waals surface area contributed by atoms with Gasteiger partial charge in [0, 0.05) is 12.0 Å². The van der Waals surface area contributed by atoms with E-state index in [1.165, 1.54) is 4.90 Å². The molecule has 0 atom stereocenters. The van der Waals surface area contributed by atoms with Crippen LogP contribution in [0.15, 0.2) is 12.7 Å². The molecule has 0 aliphatic carbocycles. The summed E-state index contributed by atoms with van der Waals surface area (Å²) in [5, 5.41) is 0. The van der Waals surface area contributed by atoms with E-state index in [1.807, 2.05) is 20.8 Å². The fraction of sp³-hybridized carbons (Fsp3) is 0.667. The molecule has 0 aliphatic rings.